The van der Waals surface area contributed by atoms with Crippen molar-refractivity contribution in [2.24, 2.45) is 0 Å². The number of benzene rings is 1. The molecule has 0 bridgehead atoms. The molecule has 0 saturated heterocycles. The number of rotatable bonds is 2. The maximum atomic E-state index is 10.7. The van der Waals surface area contributed by atoms with Crippen LogP contribution in [-0.4, -0.2) is 5.97 Å². The second kappa shape index (κ2) is 4.76. The predicted molar refractivity (Wildman–Crippen MR) is 80.4 cm³/mol. The van der Waals surface area contributed by atoms with Crippen LogP contribution in [-0.2, 0) is 15.6 Å². The molecule has 0 saturated carbocycles. The van der Waals surface area contributed by atoms with Gasteiger partial charge in [0.2, 0.25) is 0 Å². The Morgan fingerprint density at radius 3 is 2.20 bits per heavy atom. The summed E-state index contributed by atoms with van der Waals surface area (Å²) in [5, 5.41) is 10.7. The van der Waals surface area contributed by atoms with Crippen LogP contribution in [0.5, 0.6) is 0 Å². The van der Waals surface area contributed by atoms with E-state index in [2.05, 4.69) is 39.8 Å². The van der Waals surface area contributed by atoms with Gasteiger partial charge in [0.05, 0.1) is 5.97 Å². The highest BCUT2D eigenvalue weighted by Gasteiger charge is 2.36. The van der Waals surface area contributed by atoms with Crippen molar-refractivity contribution in [2.45, 2.75) is 58.3 Å². The highest BCUT2D eigenvalue weighted by Crippen LogP contribution is 2.46. The van der Waals surface area contributed by atoms with E-state index in [9.17, 15) is 9.90 Å². The van der Waals surface area contributed by atoms with Gasteiger partial charge in [-0.1, -0.05) is 45.9 Å². The largest absolute Gasteiger partial charge is 0.545 e. The summed E-state index contributed by atoms with van der Waals surface area (Å²) in [6.07, 6.45) is 3.50. The van der Waals surface area contributed by atoms with E-state index in [1.54, 1.807) is 0 Å². The minimum atomic E-state index is -1.14. The molecule has 0 fully saturated rings. The quantitative estimate of drug-likeness (QED) is 0.775. The molecule has 2 rings (SSSR count). The zero-order valence-corrected chi connectivity index (χ0v) is 13.0. The molecule has 2 heteroatoms. The molecule has 0 aliphatic heterocycles. The lowest BCUT2D eigenvalue weighted by Crippen LogP contribution is -2.33. The van der Waals surface area contributed by atoms with Gasteiger partial charge >= 0.3 is 0 Å². The van der Waals surface area contributed by atoms with Gasteiger partial charge in [-0.25, -0.2) is 0 Å². The number of carboxylic acids is 1. The molecule has 1 aliphatic rings. The molecule has 1 aliphatic carbocycles. The number of fused-ring (bicyclic) bond motifs is 1. The van der Waals surface area contributed by atoms with E-state index < -0.39 is 5.97 Å². The van der Waals surface area contributed by atoms with Crippen LogP contribution in [0, 0.1) is 0 Å². The summed E-state index contributed by atoms with van der Waals surface area (Å²) in [6, 6.07) is 6.35. The summed E-state index contributed by atoms with van der Waals surface area (Å²) in [6.45, 7) is 10.9. The molecule has 0 spiro atoms. The highest BCUT2D eigenvalue weighted by atomic mass is 16.4. The fourth-order valence-electron chi connectivity index (χ4n) is 3.09. The monoisotopic (exact) mass is 271 g/mol. The lowest BCUT2D eigenvalue weighted by Gasteiger charge is -2.42. The molecule has 1 aromatic rings. The summed E-state index contributed by atoms with van der Waals surface area (Å²) in [4.78, 5) is 10.7. The molecular weight excluding hydrogens is 248 g/mol. The molecule has 0 radical (unpaired) electrons. The lowest BCUT2D eigenvalue weighted by atomic mass is 9.63. The zero-order valence-electron chi connectivity index (χ0n) is 13.0. The third kappa shape index (κ3) is 2.65. The van der Waals surface area contributed by atoms with Crippen LogP contribution in [0.25, 0.3) is 5.57 Å². The number of carbonyl (C=O) groups excluding carboxylic acids is 1. The van der Waals surface area contributed by atoms with Crippen molar-refractivity contribution >= 4 is 11.5 Å². The second-order valence-corrected chi connectivity index (χ2v) is 7.17. The summed E-state index contributed by atoms with van der Waals surface area (Å²) in [5.74, 6) is -1.14. The van der Waals surface area contributed by atoms with Crippen LogP contribution < -0.4 is 5.11 Å². The van der Waals surface area contributed by atoms with E-state index in [-0.39, 0.29) is 10.8 Å². The molecule has 0 atom stereocenters. The van der Waals surface area contributed by atoms with E-state index in [1.165, 1.54) is 23.6 Å². The van der Waals surface area contributed by atoms with Gasteiger partial charge in [-0.3, -0.25) is 0 Å². The summed E-state index contributed by atoms with van der Waals surface area (Å²) in [7, 11) is 0. The van der Waals surface area contributed by atoms with Crippen molar-refractivity contribution in [1.29, 1.82) is 0 Å². The van der Waals surface area contributed by atoms with E-state index in [0.717, 1.165) is 17.6 Å². The molecule has 0 amide bonds. The fraction of sp³-hybridized carbons (Fsp3) is 0.500. The summed E-state index contributed by atoms with van der Waals surface area (Å²) < 4.78 is 0. The SMILES string of the molecule is C/C(=C\C(=O)[O-])c1ccc2c(c1)C(C)(C)CCC2(C)C. The molecule has 0 N–H and O–H groups in total. The van der Waals surface area contributed by atoms with Gasteiger partial charge in [-0.15, -0.1) is 0 Å². The van der Waals surface area contributed by atoms with E-state index in [0.29, 0.717) is 0 Å². The molecular formula is C18H23O2-. The Kier molecular flexibility index (Phi) is 3.53. The van der Waals surface area contributed by atoms with Gasteiger partial charge in [0.1, 0.15) is 0 Å². The van der Waals surface area contributed by atoms with Gasteiger partial charge in [0, 0.05) is 0 Å². The predicted octanol–water partition coefficient (Wildman–Crippen LogP) is 3.19. The minimum Gasteiger partial charge on any atom is -0.545 e. The van der Waals surface area contributed by atoms with E-state index in [4.69, 9.17) is 0 Å². The van der Waals surface area contributed by atoms with Crippen LogP contribution in [0.4, 0.5) is 0 Å². The van der Waals surface area contributed by atoms with Crippen LogP contribution >= 0.6 is 0 Å². The lowest BCUT2D eigenvalue weighted by molar-refractivity contribution is -0.297. The van der Waals surface area contributed by atoms with Gasteiger partial charge in [-0.05, 0) is 58.9 Å². The van der Waals surface area contributed by atoms with Crippen LogP contribution in [0.3, 0.4) is 0 Å². The number of carboxylic acid groups (broad SMARTS) is 1. The normalized spacial score (nSPS) is 20.4. The molecule has 0 heterocycles. The van der Waals surface area contributed by atoms with Crippen LogP contribution in [0.1, 0.15) is 64.2 Å². The van der Waals surface area contributed by atoms with Gasteiger partial charge in [0.25, 0.3) is 0 Å². The molecule has 20 heavy (non-hydrogen) atoms. The molecule has 2 nitrogen and oxygen atoms in total. The van der Waals surface area contributed by atoms with Crippen LogP contribution in [0.15, 0.2) is 24.3 Å². The van der Waals surface area contributed by atoms with Crippen molar-refractivity contribution in [2.75, 3.05) is 0 Å². The Hall–Kier alpha value is -1.57. The average molecular weight is 271 g/mol. The number of carbonyl (C=O) groups is 1. The number of aliphatic carboxylic acids is 1. The summed E-state index contributed by atoms with van der Waals surface area (Å²) >= 11 is 0. The first-order valence-electron chi connectivity index (χ1n) is 7.18. The number of allylic oxidation sites excluding steroid dienone is 1. The molecule has 0 aromatic heterocycles. The Balaban J connectivity index is 2.57. The second-order valence-electron chi connectivity index (χ2n) is 7.17. The first kappa shape index (κ1) is 14.8. The Morgan fingerprint density at radius 1 is 1.10 bits per heavy atom. The third-order valence-corrected chi connectivity index (χ3v) is 4.64. The average Bonchev–Trinajstić information content (AvgIpc) is 2.34. The van der Waals surface area contributed by atoms with Crippen LogP contribution in [0.2, 0.25) is 0 Å². The third-order valence-electron chi connectivity index (χ3n) is 4.64. The minimum absolute atomic E-state index is 0.141. The first-order chi connectivity index (χ1) is 9.13. The highest BCUT2D eigenvalue weighted by molar-refractivity contribution is 5.88. The van der Waals surface area contributed by atoms with Crippen molar-refractivity contribution in [1.82, 2.24) is 0 Å². The summed E-state index contributed by atoms with van der Waals surface area (Å²) in [5.41, 5.74) is 4.78. The van der Waals surface area contributed by atoms with E-state index in [1.807, 2.05) is 13.0 Å². The smallest absolute Gasteiger partial charge is 0.0645 e. The first-order valence-corrected chi connectivity index (χ1v) is 7.18. The number of hydrogen-bond acceptors (Lipinski definition) is 2. The van der Waals surface area contributed by atoms with Crippen molar-refractivity contribution in [3.63, 3.8) is 0 Å². The van der Waals surface area contributed by atoms with Crippen molar-refractivity contribution < 1.29 is 9.90 Å². The Labute approximate surface area is 121 Å². The van der Waals surface area contributed by atoms with Gasteiger partial charge in [-0.2, -0.15) is 0 Å². The maximum Gasteiger partial charge on any atom is 0.0645 e. The molecule has 108 valence electrons. The Morgan fingerprint density at radius 2 is 1.65 bits per heavy atom. The zero-order chi connectivity index (χ0) is 15.1. The van der Waals surface area contributed by atoms with Gasteiger partial charge in [0.15, 0.2) is 0 Å². The standard InChI is InChI=1S/C18H24O2/c1-12(10-16(19)20)13-6-7-14-15(11-13)18(4,5)9-8-17(14,2)3/h6-7,10-11H,8-9H2,1-5H3,(H,19,20)/p-1/b12-10+. The topological polar surface area (TPSA) is 40.1 Å². The van der Waals surface area contributed by atoms with Crippen molar-refractivity contribution in [3.8, 4) is 0 Å². The van der Waals surface area contributed by atoms with E-state index >= 15 is 0 Å². The Bertz CT molecular complexity index is 577. The maximum absolute atomic E-state index is 10.7. The fourth-order valence-corrected chi connectivity index (χ4v) is 3.09. The molecule has 1 aromatic carbocycles. The van der Waals surface area contributed by atoms with Gasteiger partial charge < -0.3 is 9.90 Å². The van der Waals surface area contributed by atoms with Crippen molar-refractivity contribution in [3.05, 3.63) is 41.0 Å². The molecule has 0 unspecified atom stereocenters. The number of hydrogen-bond donors (Lipinski definition) is 0.